The van der Waals surface area contributed by atoms with Crippen LogP contribution in [0, 0.1) is 17.8 Å². The van der Waals surface area contributed by atoms with E-state index in [1.807, 2.05) is 0 Å². The van der Waals surface area contributed by atoms with Gasteiger partial charge in [0.1, 0.15) is 0 Å². The minimum atomic E-state index is -0.343. The lowest BCUT2D eigenvalue weighted by Gasteiger charge is -2.23. The summed E-state index contributed by atoms with van der Waals surface area (Å²) in [5.74, 6) is 2.77. The Labute approximate surface area is 116 Å². The van der Waals surface area contributed by atoms with Gasteiger partial charge in [-0.15, -0.1) is 0 Å². The Morgan fingerprint density at radius 3 is 2.79 bits per heavy atom. The van der Waals surface area contributed by atoms with Gasteiger partial charge in [-0.05, 0) is 56.8 Å². The molecule has 2 rings (SSSR count). The fourth-order valence-electron chi connectivity index (χ4n) is 3.71. The molecule has 2 bridgehead atoms. The Balaban J connectivity index is 1.58. The standard InChI is InChI=1S/C15H28N2O2/c1-11(18)6-8-17(2)15(19)16-7-5-14-10-12-3-4-13(14)9-12/h11-14,18H,3-10H2,1-2H3,(H,16,19). The van der Waals surface area contributed by atoms with Crippen LogP contribution in [0.25, 0.3) is 0 Å². The van der Waals surface area contributed by atoms with Crippen LogP contribution in [0.2, 0.25) is 0 Å². The summed E-state index contributed by atoms with van der Waals surface area (Å²) in [4.78, 5) is 13.5. The predicted molar refractivity (Wildman–Crippen MR) is 75.9 cm³/mol. The van der Waals surface area contributed by atoms with Crippen LogP contribution in [-0.2, 0) is 0 Å². The molecule has 19 heavy (non-hydrogen) atoms. The van der Waals surface area contributed by atoms with Crippen molar-refractivity contribution in [3.8, 4) is 0 Å². The van der Waals surface area contributed by atoms with E-state index in [0.29, 0.717) is 13.0 Å². The van der Waals surface area contributed by atoms with Crippen LogP contribution in [0.5, 0.6) is 0 Å². The van der Waals surface area contributed by atoms with E-state index >= 15 is 0 Å². The Morgan fingerprint density at radius 1 is 1.42 bits per heavy atom. The number of hydrogen-bond acceptors (Lipinski definition) is 2. The fourth-order valence-corrected chi connectivity index (χ4v) is 3.71. The molecule has 4 nitrogen and oxygen atoms in total. The first-order chi connectivity index (χ1) is 9.06. The number of carbonyl (C=O) groups excluding carboxylic acids is 1. The topological polar surface area (TPSA) is 52.6 Å². The van der Waals surface area contributed by atoms with Gasteiger partial charge in [-0.25, -0.2) is 4.79 Å². The highest BCUT2D eigenvalue weighted by Gasteiger charge is 2.38. The lowest BCUT2D eigenvalue weighted by Crippen LogP contribution is -2.39. The minimum absolute atomic E-state index is 0.0104. The second kappa shape index (κ2) is 6.60. The van der Waals surface area contributed by atoms with Gasteiger partial charge >= 0.3 is 6.03 Å². The largest absolute Gasteiger partial charge is 0.393 e. The van der Waals surface area contributed by atoms with Crippen molar-refractivity contribution in [3.63, 3.8) is 0 Å². The summed E-state index contributed by atoms with van der Waals surface area (Å²) in [5.41, 5.74) is 0. The maximum absolute atomic E-state index is 11.8. The average Bonchev–Trinajstić information content (AvgIpc) is 2.97. The van der Waals surface area contributed by atoms with E-state index in [9.17, 15) is 9.90 Å². The zero-order valence-corrected chi connectivity index (χ0v) is 12.3. The van der Waals surface area contributed by atoms with Gasteiger partial charge in [0.15, 0.2) is 0 Å². The zero-order chi connectivity index (χ0) is 13.8. The van der Waals surface area contributed by atoms with Crippen molar-refractivity contribution in [3.05, 3.63) is 0 Å². The number of aliphatic hydroxyl groups is 1. The van der Waals surface area contributed by atoms with Crippen LogP contribution in [0.1, 0.15) is 45.4 Å². The molecule has 2 fully saturated rings. The number of aliphatic hydroxyl groups excluding tert-OH is 1. The van der Waals surface area contributed by atoms with Crippen molar-refractivity contribution in [1.82, 2.24) is 10.2 Å². The number of carbonyl (C=O) groups is 1. The third kappa shape index (κ3) is 4.10. The van der Waals surface area contributed by atoms with E-state index in [1.165, 1.54) is 25.7 Å². The fraction of sp³-hybridized carbons (Fsp3) is 0.933. The molecule has 0 aromatic carbocycles. The molecule has 4 heteroatoms. The molecule has 0 aromatic rings. The lowest BCUT2D eigenvalue weighted by molar-refractivity contribution is 0.163. The second-order valence-electron chi connectivity index (χ2n) is 6.51. The number of rotatable bonds is 6. The first-order valence-corrected chi connectivity index (χ1v) is 7.73. The highest BCUT2D eigenvalue weighted by Crippen LogP contribution is 2.49. The van der Waals surface area contributed by atoms with Crippen molar-refractivity contribution < 1.29 is 9.90 Å². The minimum Gasteiger partial charge on any atom is -0.393 e. The summed E-state index contributed by atoms with van der Waals surface area (Å²) >= 11 is 0. The predicted octanol–water partition coefficient (Wildman–Crippen LogP) is 2.22. The van der Waals surface area contributed by atoms with Crippen LogP contribution in [0.4, 0.5) is 4.79 Å². The Kier molecular flexibility index (Phi) is 5.08. The molecular formula is C15H28N2O2. The van der Waals surface area contributed by atoms with Gasteiger partial charge in [-0.3, -0.25) is 0 Å². The molecule has 0 heterocycles. The maximum atomic E-state index is 11.8. The van der Waals surface area contributed by atoms with Crippen LogP contribution in [0.15, 0.2) is 0 Å². The number of hydrogen-bond donors (Lipinski definition) is 2. The van der Waals surface area contributed by atoms with E-state index in [-0.39, 0.29) is 12.1 Å². The summed E-state index contributed by atoms with van der Waals surface area (Å²) in [6.07, 6.45) is 7.11. The molecule has 2 saturated carbocycles. The summed E-state index contributed by atoms with van der Waals surface area (Å²) in [5, 5.41) is 12.2. The van der Waals surface area contributed by atoms with Crippen molar-refractivity contribution in [2.45, 2.75) is 51.6 Å². The van der Waals surface area contributed by atoms with Crippen molar-refractivity contribution in [2.24, 2.45) is 17.8 Å². The molecule has 0 aromatic heterocycles. The van der Waals surface area contributed by atoms with Crippen LogP contribution >= 0.6 is 0 Å². The van der Waals surface area contributed by atoms with E-state index in [0.717, 1.165) is 30.7 Å². The van der Waals surface area contributed by atoms with E-state index in [2.05, 4.69) is 5.32 Å². The number of nitrogens with zero attached hydrogens (tertiary/aromatic N) is 1. The molecule has 0 aliphatic heterocycles. The highest BCUT2D eigenvalue weighted by atomic mass is 16.3. The molecule has 2 aliphatic rings. The van der Waals surface area contributed by atoms with Gasteiger partial charge in [0.25, 0.3) is 0 Å². The van der Waals surface area contributed by atoms with Gasteiger partial charge in [-0.2, -0.15) is 0 Å². The Morgan fingerprint density at radius 2 is 2.21 bits per heavy atom. The Hall–Kier alpha value is -0.770. The normalized spacial score (nSPS) is 30.4. The van der Waals surface area contributed by atoms with Crippen molar-refractivity contribution >= 4 is 6.03 Å². The van der Waals surface area contributed by atoms with Crippen molar-refractivity contribution in [1.29, 1.82) is 0 Å². The van der Waals surface area contributed by atoms with Crippen molar-refractivity contribution in [2.75, 3.05) is 20.1 Å². The molecule has 2 aliphatic carbocycles. The molecule has 4 unspecified atom stereocenters. The first-order valence-electron chi connectivity index (χ1n) is 7.73. The molecule has 0 spiro atoms. The second-order valence-corrected chi connectivity index (χ2v) is 6.51. The van der Waals surface area contributed by atoms with Gasteiger partial charge in [0.2, 0.25) is 0 Å². The third-order valence-corrected chi connectivity index (χ3v) is 4.90. The molecule has 2 amide bonds. The molecular weight excluding hydrogens is 240 g/mol. The van der Waals surface area contributed by atoms with E-state index < -0.39 is 0 Å². The van der Waals surface area contributed by atoms with Crippen LogP contribution in [-0.4, -0.2) is 42.3 Å². The first kappa shape index (κ1) is 14.6. The summed E-state index contributed by atoms with van der Waals surface area (Å²) in [6, 6.07) is -0.0104. The SMILES string of the molecule is CC(O)CCN(C)C(=O)NCCC1CC2CCC1C2. The van der Waals surface area contributed by atoms with Gasteiger partial charge in [0.05, 0.1) is 6.10 Å². The quantitative estimate of drug-likeness (QED) is 0.776. The summed E-state index contributed by atoms with van der Waals surface area (Å²) in [7, 11) is 1.79. The van der Waals surface area contributed by atoms with Gasteiger partial charge < -0.3 is 15.3 Å². The van der Waals surface area contributed by atoms with E-state index in [4.69, 9.17) is 0 Å². The van der Waals surface area contributed by atoms with Gasteiger partial charge in [0, 0.05) is 20.1 Å². The average molecular weight is 268 g/mol. The molecule has 110 valence electrons. The monoisotopic (exact) mass is 268 g/mol. The smallest absolute Gasteiger partial charge is 0.317 e. The number of urea groups is 1. The molecule has 2 N–H and O–H groups in total. The molecule has 0 saturated heterocycles. The number of nitrogens with one attached hydrogen (secondary N) is 1. The maximum Gasteiger partial charge on any atom is 0.317 e. The molecule has 4 atom stereocenters. The van der Waals surface area contributed by atoms with E-state index in [1.54, 1.807) is 18.9 Å². The zero-order valence-electron chi connectivity index (χ0n) is 12.3. The number of fused-ring (bicyclic) bond motifs is 2. The van der Waals surface area contributed by atoms with Crippen LogP contribution in [0.3, 0.4) is 0 Å². The summed E-state index contributed by atoms with van der Waals surface area (Å²) in [6.45, 7) is 3.16. The van der Waals surface area contributed by atoms with Gasteiger partial charge in [-0.1, -0.05) is 6.42 Å². The number of amides is 2. The Bertz CT molecular complexity index is 307. The molecule has 0 radical (unpaired) electrons. The third-order valence-electron chi connectivity index (χ3n) is 4.90. The lowest BCUT2D eigenvalue weighted by atomic mass is 9.86. The van der Waals surface area contributed by atoms with Crippen LogP contribution < -0.4 is 5.32 Å². The summed E-state index contributed by atoms with van der Waals surface area (Å²) < 4.78 is 0. The highest BCUT2D eigenvalue weighted by molar-refractivity contribution is 5.73.